The van der Waals surface area contributed by atoms with E-state index in [0.717, 1.165) is 12.3 Å². The summed E-state index contributed by atoms with van der Waals surface area (Å²) < 4.78 is 5.49. The van der Waals surface area contributed by atoms with E-state index in [4.69, 9.17) is 10.5 Å². The molecular weight excluding hydrogens is 188 g/mol. The highest BCUT2D eigenvalue weighted by Crippen LogP contribution is 2.35. The van der Waals surface area contributed by atoms with E-state index in [-0.39, 0.29) is 6.04 Å². The Morgan fingerprint density at radius 1 is 1.60 bits per heavy atom. The molecule has 0 radical (unpaired) electrons. The Balaban J connectivity index is 2.29. The second-order valence-electron chi connectivity index (χ2n) is 4.03. The lowest BCUT2D eigenvalue weighted by molar-refractivity contribution is 0.340. The van der Waals surface area contributed by atoms with Crippen molar-refractivity contribution in [3.05, 3.63) is 23.8 Å². The summed E-state index contributed by atoms with van der Waals surface area (Å²) in [6.45, 7) is 5.68. The van der Waals surface area contributed by atoms with Gasteiger partial charge in [-0.3, -0.25) is 0 Å². The minimum Gasteiger partial charge on any atom is -0.494 e. The molecule has 3 N–H and O–H groups in total. The van der Waals surface area contributed by atoms with Gasteiger partial charge in [0.15, 0.2) is 0 Å². The molecule has 0 bridgehead atoms. The molecule has 1 aromatic rings. The van der Waals surface area contributed by atoms with Crippen LogP contribution in [0.15, 0.2) is 18.2 Å². The molecule has 3 heteroatoms. The number of fused-ring (bicyclic) bond motifs is 1. The smallest absolute Gasteiger partial charge is 0.119 e. The molecule has 2 atom stereocenters. The van der Waals surface area contributed by atoms with Gasteiger partial charge in [-0.15, -0.1) is 0 Å². The van der Waals surface area contributed by atoms with E-state index in [0.29, 0.717) is 12.5 Å². The number of rotatable bonds is 3. The molecule has 15 heavy (non-hydrogen) atoms. The van der Waals surface area contributed by atoms with Crippen LogP contribution >= 0.6 is 0 Å². The van der Waals surface area contributed by atoms with Crippen molar-refractivity contribution in [1.82, 2.24) is 0 Å². The first kappa shape index (κ1) is 10.3. The fourth-order valence-corrected chi connectivity index (χ4v) is 2.06. The van der Waals surface area contributed by atoms with E-state index < -0.39 is 0 Å². The van der Waals surface area contributed by atoms with Crippen molar-refractivity contribution in [2.24, 2.45) is 5.73 Å². The van der Waals surface area contributed by atoms with Crippen LogP contribution in [-0.4, -0.2) is 19.2 Å². The molecule has 2 rings (SSSR count). The summed E-state index contributed by atoms with van der Waals surface area (Å²) in [4.78, 5) is 0. The summed E-state index contributed by atoms with van der Waals surface area (Å²) in [6.07, 6.45) is 0. The average molecular weight is 206 g/mol. The van der Waals surface area contributed by atoms with Crippen molar-refractivity contribution in [2.45, 2.75) is 25.8 Å². The Morgan fingerprint density at radius 3 is 3.07 bits per heavy atom. The van der Waals surface area contributed by atoms with Gasteiger partial charge in [0, 0.05) is 24.2 Å². The lowest BCUT2D eigenvalue weighted by atomic mass is 9.95. The minimum absolute atomic E-state index is 0.177. The van der Waals surface area contributed by atoms with Gasteiger partial charge >= 0.3 is 0 Å². The normalized spacial score (nSPS) is 20.6. The monoisotopic (exact) mass is 206 g/mol. The second-order valence-corrected chi connectivity index (χ2v) is 4.03. The topological polar surface area (TPSA) is 47.3 Å². The van der Waals surface area contributed by atoms with E-state index in [2.05, 4.69) is 24.4 Å². The van der Waals surface area contributed by atoms with E-state index >= 15 is 0 Å². The van der Waals surface area contributed by atoms with E-state index in [1.54, 1.807) is 0 Å². The van der Waals surface area contributed by atoms with Crippen LogP contribution in [0.25, 0.3) is 0 Å². The third kappa shape index (κ3) is 1.92. The van der Waals surface area contributed by atoms with Crippen LogP contribution in [0.3, 0.4) is 0 Å². The van der Waals surface area contributed by atoms with E-state index in [1.165, 1.54) is 11.3 Å². The third-order valence-electron chi connectivity index (χ3n) is 2.88. The highest BCUT2D eigenvalue weighted by molar-refractivity contribution is 5.60. The van der Waals surface area contributed by atoms with E-state index in [9.17, 15) is 0 Å². The zero-order chi connectivity index (χ0) is 10.8. The van der Waals surface area contributed by atoms with Gasteiger partial charge in [-0.2, -0.15) is 0 Å². The largest absolute Gasteiger partial charge is 0.494 e. The third-order valence-corrected chi connectivity index (χ3v) is 2.88. The maximum Gasteiger partial charge on any atom is 0.119 e. The van der Waals surface area contributed by atoms with Gasteiger partial charge in [-0.05, 0) is 37.6 Å². The van der Waals surface area contributed by atoms with Crippen LogP contribution < -0.4 is 15.8 Å². The van der Waals surface area contributed by atoms with Gasteiger partial charge < -0.3 is 15.8 Å². The van der Waals surface area contributed by atoms with Crippen LogP contribution in [0.4, 0.5) is 5.69 Å². The van der Waals surface area contributed by atoms with Crippen LogP contribution in [-0.2, 0) is 0 Å². The van der Waals surface area contributed by atoms with Crippen molar-refractivity contribution >= 4 is 5.69 Å². The molecule has 82 valence electrons. The number of nitrogens with one attached hydrogen (secondary N) is 1. The summed E-state index contributed by atoms with van der Waals surface area (Å²) in [5.74, 6) is 1.34. The Kier molecular flexibility index (Phi) is 2.82. The van der Waals surface area contributed by atoms with Crippen LogP contribution in [0.2, 0.25) is 0 Å². The number of nitrogens with two attached hydrogens (primary N) is 1. The maximum absolute atomic E-state index is 5.96. The molecule has 1 aliphatic rings. The second kappa shape index (κ2) is 4.11. The van der Waals surface area contributed by atoms with Crippen LogP contribution in [0.1, 0.15) is 25.3 Å². The van der Waals surface area contributed by atoms with Crippen LogP contribution in [0.5, 0.6) is 5.75 Å². The van der Waals surface area contributed by atoms with Gasteiger partial charge in [0.2, 0.25) is 0 Å². The van der Waals surface area contributed by atoms with E-state index in [1.807, 2.05) is 13.0 Å². The molecule has 1 aliphatic heterocycles. The van der Waals surface area contributed by atoms with Crippen molar-refractivity contribution in [1.29, 1.82) is 0 Å². The highest BCUT2D eigenvalue weighted by atomic mass is 16.5. The Hall–Kier alpha value is -1.22. The molecule has 1 aromatic carbocycles. The number of ether oxygens (including phenoxy) is 1. The van der Waals surface area contributed by atoms with Crippen molar-refractivity contribution in [2.75, 3.05) is 18.5 Å². The summed E-state index contributed by atoms with van der Waals surface area (Å²) in [5.41, 5.74) is 8.44. The number of hydrogen-bond donors (Lipinski definition) is 2. The zero-order valence-corrected chi connectivity index (χ0v) is 9.29. The molecular formula is C12H18N2O. The fraction of sp³-hybridized carbons (Fsp3) is 0.500. The number of benzene rings is 1. The first-order chi connectivity index (χ1) is 7.22. The maximum atomic E-state index is 5.96. The SMILES string of the molecule is CCOc1ccc2c(c1)C(C(C)N)CN2. The molecule has 0 spiro atoms. The highest BCUT2D eigenvalue weighted by Gasteiger charge is 2.25. The first-order valence-corrected chi connectivity index (χ1v) is 5.48. The molecule has 1 heterocycles. The molecule has 0 saturated heterocycles. The van der Waals surface area contributed by atoms with Crippen LogP contribution in [0, 0.1) is 0 Å². The standard InChI is InChI=1S/C12H18N2O/c1-3-15-9-4-5-12-10(6-9)11(7-14-12)8(2)13/h4-6,8,11,14H,3,7,13H2,1-2H3. The summed E-state index contributed by atoms with van der Waals surface area (Å²) in [5, 5.41) is 3.37. The first-order valence-electron chi connectivity index (χ1n) is 5.48. The lowest BCUT2D eigenvalue weighted by Gasteiger charge is -2.14. The molecule has 2 unspecified atom stereocenters. The Bertz CT molecular complexity index is 349. The molecule has 0 aromatic heterocycles. The molecule has 0 saturated carbocycles. The van der Waals surface area contributed by atoms with Crippen molar-refractivity contribution in [3.8, 4) is 5.75 Å². The fourth-order valence-electron chi connectivity index (χ4n) is 2.06. The predicted molar refractivity (Wildman–Crippen MR) is 62.5 cm³/mol. The van der Waals surface area contributed by atoms with Gasteiger partial charge in [0.05, 0.1) is 6.61 Å². The van der Waals surface area contributed by atoms with Crippen molar-refractivity contribution < 1.29 is 4.74 Å². The van der Waals surface area contributed by atoms with Crippen molar-refractivity contribution in [3.63, 3.8) is 0 Å². The predicted octanol–water partition coefficient (Wildman–Crippen LogP) is 1.94. The molecule has 0 fully saturated rings. The zero-order valence-electron chi connectivity index (χ0n) is 9.29. The number of hydrogen-bond acceptors (Lipinski definition) is 3. The quantitative estimate of drug-likeness (QED) is 0.794. The molecule has 0 amide bonds. The van der Waals surface area contributed by atoms with Gasteiger partial charge in [0.1, 0.15) is 5.75 Å². The average Bonchev–Trinajstić information content (AvgIpc) is 2.61. The Morgan fingerprint density at radius 2 is 2.40 bits per heavy atom. The molecule has 3 nitrogen and oxygen atoms in total. The van der Waals surface area contributed by atoms with Gasteiger partial charge in [-0.1, -0.05) is 0 Å². The summed E-state index contributed by atoms with van der Waals surface area (Å²) in [7, 11) is 0. The minimum atomic E-state index is 0.177. The lowest BCUT2D eigenvalue weighted by Crippen LogP contribution is -2.25. The summed E-state index contributed by atoms with van der Waals surface area (Å²) >= 11 is 0. The molecule has 0 aliphatic carbocycles. The summed E-state index contributed by atoms with van der Waals surface area (Å²) in [6, 6.07) is 6.35. The Labute approximate surface area is 90.6 Å². The number of anilines is 1. The van der Waals surface area contributed by atoms with Gasteiger partial charge in [-0.25, -0.2) is 0 Å². The van der Waals surface area contributed by atoms with Gasteiger partial charge in [0.25, 0.3) is 0 Å².